The number of carbonyl (C=O) groups is 1. The van der Waals surface area contributed by atoms with Gasteiger partial charge in [-0.15, -0.1) is 0 Å². The maximum atomic E-state index is 11.8. The predicted octanol–water partition coefficient (Wildman–Crippen LogP) is 7.88. The third-order valence-electron chi connectivity index (χ3n) is 5.15. The van der Waals surface area contributed by atoms with E-state index in [9.17, 15) is 4.79 Å². The molecule has 2 nitrogen and oxygen atoms in total. The fraction of sp³-hybridized carbons (Fsp3) is 0.393. The van der Waals surface area contributed by atoms with Crippen LogP contribution in [0.15, 0.2) is 72.8 Å². The van der Waals surface area contributed by atoms with E-state index in [2.05, 4.69) is 38.1 Å². The molecule has 0 N–H and O–H groups in total. The van der Waals surface area contributed by atoms with Crippen LogP contribution in [-0.4, -0.2) is 5.97 Å². The zero-order chi connectivity index (χ0) is 21.4. The normalized spacial score (nSPS) is 10.0. The number of ether oxygens (including phenoxy) is 1. The second-order valence-electron chi connectivity index (χ2n) is 7.77. The molecule has 0 saturated heterocycles. The topological polar surface area (TPSA) is 26.3 Å². The smallest absolute Gasteiger partial charge is 0.286 e. The fourth-order valence-corrected chi connectivity index (χ4v) is 3.29. The van der Waals surface area contributed by atoms with Gasteiger partial charge in [-0.3, -0.25) is 4.79 Å². The maximum absolute atomic E-state index is 11.8. The van der Waals surface area contributed by atoms with Crippen molar-refractivity contribution in [1.82, 2.24) is 0 Å². The Morgan fingerprint density at radius 3 is 2.10 bits per heavy atom. The Balaban J connectivity index is 0.000000404. The molecule has 3 aromatic rings. The molecular weight excluding hydrogens is 424 g/mol. The second-order valence-corrected chi connectivity index (χ2v) is 7.77. The van der Waals surface area contributed by atoms with Crippen molar-refractivity contribution in [3.63, 3.8) is 0 Å². The van der Waals surface area contributed by atoms with E-state index in [0.29, 0.717) is 11.3 Å². The van der Waals surface area contributed by atoms with Crippen molar-refractivity contribution in [1.29, 1.82) is 0 Å². The largest absolute Gasteiger partial charge is 0.748 e. The Morgan fingerprint density at radius 1 is 0.871 bits per heavy atom. The van der Waals surface area contributed by atoms with Gasteiger partial charge in [-0.1, -0.05) is 70.1 Å². The molecule has 0 radical (unpaired) electrons. The van der Waals surface area contributed by atoms with Crippen molar-refractivity contribution in [3.8, 4) is 5.75 Å². The van der Waals surface area contributed by atoms with Gasteiger partial charge in [0.1, 0.15) is 5.75 Å². The van der Waals surface area contributed by atoms with Gasteiger partial charge in [0, 0.05) is 17.1 Å². The third kappa shape index (κ3) is 11.2. The summed E-state index contributed by atoms with van der Waals surface area (Å²) in [5.74, 6) is 0.309. The second kappa shape index (κ2) is 16.6. The summed E-state index contributed by atoms with van der Waals surface area (Å²) in [7, 11) is 0. The van der Waals surface area contributed by atoms with Crippen LogP contribution in [0.2, 0.25) is 0 Å². The van der Waals surface area contributed by atoms with Gasteiger partial charge < -0.3 is 34.6 Å². The summed E-state index contributed by atoms with van der Waals surface area (Å²) >= 11 is 0. The van der Waals surface area contributed by atoms with Crippen LogP contribution in [0, 0.1) is 0 Å². The van der Waals surface area contributed by atoms with Crippen molar-refractivity contribution >= 4 is 5.97 Å². The van der Waals surface area contributed by atoms with Crippen molar-refractivity contribution in [3.05, 3.63) is 89.5 Å². The Morgan fingerprint density at radius 2 is 1.48 bits per heavy atom. The van der Waals surface area contributed by atoms with Crippen LogP contribution in [0.3, 0.4) is 0 Å². The van der Waals surface area contributed by atoms with E-state index in [0.717, 1.165) is 6.42 Å². The number of hydrogen-bond donors (Lipinski definition) is 0. The number of unbranched alkanes of at least 4 members (excludes halogenated alkanes) is 5. The third-order valence-corrected chi connectivity index (χ3v) is 5.15. The number of benzene rings is 1. The van der Waals surface area contributed by atoms with E-state index in [1.807, 2.05) is 36.4 Å². The molecule has 0 aromatic heterocycles. The van der Waals surface area contributed by atoms with Gasteiger partial charge in [0.15, 0.2) is 0 Å². The molecule has 0 saturated carbocycles. The zero-order valence-electron chi connectivity index (χ0n) is 19.0. The van der Waals surface area contributed by atoms with Crippen LogP contribution in [0.4, 0.5) is 0 Å². The zero-order valence-corrected chi connectivity index (χ0v) is 20.1. The van der Waals surface area contributed by atoms with E-state index in [1.165, 1.54) is 62.5 Å². The summed E-state index contributed by atoms with van der Waals surface area (Å²) in [5.41, 5.74) is 3.38. The van der Waals surface area contributed by atoms with Gasteiger partial charge in [-0.25, -0.2) is 18.6 Å². The summed E-state index contributed by atoms with van der Waals surface area (Å²) in [4.78, 5) is 11.8. The van der Waals surface area contributed by atoms with Crippen LogP contribution in [0.1, 0.15) is 80.3 Å². The first-order valence-corrected chi connectivity index (χ1v) is 11.5. The first-order valence-electron chi connectivity index (χ1n) is 11.5. The molecule has 0 bridgehead atoms. The van der Waals surface area contributed by atoms with Gasteiger partial charge >= 0.3 is 0 Å². The number of carbonyl (C=O) groups excluding carboxylic acids is 1. The molecule has 0 aliphatic heterocycles. The van der Waals surface area contributed by atoms with Gasteiger partial charge in [-0.05, 0) is 30.5 Å². The maximum Gasteiger partial charge on any atom is 0.286 e. The number of rotatable bonds is 11. The fourth-order valence-electron chi connectivity index (χ4n) is 3.29. The van der Waals surface area contributed by atoms with E-state index in [1.54, 1.807) is 12.1 Å². The van der Waals surface area contributed by atoms with Crippen LogP contribution in [-0.2, 0) is 29.9 Å². The molecule has 31 heavy (non-hydrogen) atoms. The van der Waals surface area contributed by atoms with E-state index in [-0.39, 0.29) is 23.0 Å². The molecule has 0 aliphatic carbocycles. The Kier molecular flexibility index (Phi) is 14.4. The summed E-state index contributed by atoms with van der Waals surface area (Å²) in [6.45, 7) is 4.46. The van der Waals surface area contributed by atoms with E-state index < -0.39 is 0 Å². The number of esters is 1. The minimum Gasteiger partial charge on any atom is -0.748 e. The van der Waals surface area contributed by atoms with Crippen LogP contribution >= 0.6 is 0 Å². The van der Waals surface area contributed by atoms with E-state index in [4.69, 9.17) is 4.74 Å². The summed E-state index contributed by atoms with van der Waals surface area (Å²) in [5, 5.41) is 0. The van der Waals surface area contributed by atoms with E-state index >= 15 is 0 Å². The minimum absolute atomic E-state index is 0. The molecular formula is C28H36FeO2-6. The molecule has 3 rings (SSSR count). The predicted molar refractivity (Wildman–Crippen MR) is 127 cm³/mol. The molecule has 3 heteroatoms. The molecule has 0 unspecified atom stereocenters. The van der Waals surface area contributed by atoms with Crippen molar-refractivity contribution < 1.29 is 26.6 Å². The van der Waals surface area contributed by atoms with Gasteiger partial charge in [-0.2, -0.15) is 12.1 Å². The average Bonchev–Trinajstić information content (AvgIpc) is 3.48. The van der Waals surface area contributed by atoms with Gasteiger partial charge in [0.2, 0.25) is 0 Å². The Bertz CT molecular complexity index is 786. The first kappa shape index (κ1) is 26.9. The monoisotopic (exact) mass is 460 g/mol. The van der Waals surface area contributed by atoms with Crippen molar-refractivity contribution in [2.24, 2.45) is 0 Å². The molecule has 0 heterocycles. The summed E-state index contributed by atoms with van der Waals surface area (Å²) in [6.07, 6.45) is 11.4. The Hall–Kier alpha value is -2.09. The van der Waals surface area contributed by atoms with Crippen LogP contribution in [0.5, 0.6) is 5.75 Å². The molecule has 3 aromatic carbocycles. The Labute approximate surface area is 199 Å². The summed E-state index contributed by atoms with van der Waals surface area (Å²) < 4.78 is 5.33. The molecule has 174 valence electrons. The van der Waals surface area contributed by atoms with Crippen LogP contribution in [0.25, 0.3) is 0 Å². The first-order chi connectivity index (χ1) is 14.7. The SMILES string of the molecule is CCCCCCCc1ccc(OC(=O)[c-]2cccc2)cc1.CCCC[c-]1[cH-][cH-][cH-][cH-]1.[Fe]. The van der Waals surface area contributed by atoms with Crippen molar-refractivity contribution in [2.75, 3.05) is 0 Å². The minimum atomic E-state index is -0.299. The average molecular weight is 460 g/mol. The summed E-state index contributed by atoms with van der Waals surface area (Å²) in [6, 6.07) is 23.6. The molecule has 0 amide bonds. The van der Waals surface area contributed by atoms with Gasteiger partial charge in [0.05, 0.1) is 0 Å². The van der Waals surface area contributed by atoms with Crippen molar-refractivity contribution in [2.45, 2.75) is 71.6 Å². The molecule has 0 aliphatic rings. The molecule has 0 spiro atoms. The standard InChI is InChI=1S/C19H23O2.C9H13.Fe/c1-2-3-4-5-6-9-16-12-14-18(15-13-16)21-19(20)17-10-7-8-11-17;1-2-3-6-9-7-4-5-8-9;/h7-8,10-15H,2-6,9H2,1H3;4-5,7-8H,2-3,6H2,1H3;/q-1;-5;. The quantitative estimate of drug-likeness (QED) is 0.0956. The molecule has 0 atom stereocenters. The van der Waals surface area contributed by atoms with Gasteiger partial charge in [0.25, 0.3) is 5.97 Å². The van der Waals surface area contributed by atoms with Crippen LogP contribution < -0.4 is 4.74 Å². The molecule has 0 fully saturated rings. The number of hydrogen-bond acceptors (Lipinski definition) is 2. The number of aryl methyl sites for hydroxylation is 2.